The second kappa shape index (κ2) is 3.23. The van der Waals surface area contributed by atoms with Gasteiger partial charge in [-0.25, -0.2) is 13.2 Å². The van der Waals surface area contributed by atoms with Gasteiger partial charge in [-0.3, -0.25) is 4.79 Å². The standard InChI is InChI=1S/C11H9F3O2/c12-8-4-2-1-3-7(8)10(9(15)16)5-11(13,14)6-10/h1-4H,5-6H2,(H,15,16). The normalized spacial score (nSPS) is 21.2. The maximum Gasteiger partial charge on any atom is 0.314 e. The predicted molar refractivity (Wildman–Crippen MR) is 49.9 cm³/mol. The number of carboxylic acid groups (broad SMARTS) is 1. The maximum absolute atomic E-state index is 13.4. The van der Waals surface area contributed by atoms with E-state index in [0.717, 1.165) is 6.07 Å². The van der Waals surface area contributed by atoms with Gasteiger partial charge in [-0.05, 0) is 6.07 Å². The predicted octanol–water partition coefficient (Wildman–Crippen LogP) is 2.58. The lowest BCUT2D eigenvalue weighted by molar-refractivity contribution is -0.174. The molecule has 2 rings (SSSR count). The van der Waals surface area contributed by atoms with Crippen LogP contribution in [0.1, 0.15) is 18.4 Å². The Kier molecular flexibility index (Phi) is 2.22. The summed E-state index contributed by atoms with van der Waals surface area (Å²) in [5, 5.41) is 8.99. The van der Waals surface area contributed by atoms with Gasteiger partial charge in [0.25, 0.3) is 5.92 Å². The fourth-order valence-electron chi connectivity index (χ4n) is 2.14. The lowest BCUT2D eigenvalue weighted by Gasteiger charge is -2.44. The fraction of sp³-hybridized carbons (Fsp3) is 0.364. The van der Waals surface area contributed by atoms with Crippen LogP contribution in [0.3, 0.4) is 0 Å². The Hall–Kier alpha value is -1.52. The van der Waals surface area contributed by atoms with Crippen molar-refractivity contribution in [1.82, 2.24) is 0 Å². The van der Waals surface area contributed by atoms with Crippen LogP contribution in [0, 0.1) is 5.82 Å². The number of alkyl halides is 2. The molecule has 0 radical (unpaired) electrons. The monoisotopic (exact) mass is 230 g/mol. The molecule has 2 nitrogen and oxygen atoms in total. The van der Waals surface area contributed by atoms with E-state index in [0.29, 0.717) is 0 Å². The summed E-state index contributed by atoms with van der Waals surface area (Å²) >= 11 is 0. The molecule has 1 fully saturated rings. The van der Waals surface area contributed by atoms with Crippen LogP contribution in [0.15, 0.2) is 24.3 Å². The first-order valence-corrected chi connectivity index (χ1v) is 4.74. The average molecular weight is 230 g/mol. The van der Waals surface area contributed by atoms with Gasteiger partial charge in [0.2, 0.25) is 0 Å². The number of aliphatic carboxylic acids is 1. The number of carbonyl (C=O) groups is 1. The Morgan fingerprint density at radius 2 is 1.81 bits per heavy atom. The lowest BCUT2D eigenvalue weighted by Crippen LogP contribution is -2.54. The minimum atomic E-state index is -3.01. The largest absolute Gasteiger partial charge is 0.481 e. The number of hydrogen-bond acceptors (Lipinski definition) is 1. The molecule has 1 aromatic carbocycles. The van der Waals surface area contributed by atoms with E-state index in [9.17, 15) is 18.0 Å². The Balaban J connectivity index is 2.44. The highest BCUT2D eigenvalue weighted by molar-refractivity contribution is 5.83. The molecule has 0 unspecified atom stereocenters. The van der Waals surface area contributed by atoms with E-state index in [1.165, 1.54) is 18.2 Å². The van der Waals surface area contributed by atoms with E-state index in [1.54, 1.807) is 0 Å². The molecule has 16 heavy (non-hydrogen) atoms. The molecule has 0 heterocycles. The molecule has 1 saturated carbocycles. The van der Waals surface area contributed by atoms with E-state index in [2.05, 4.69) is 0 Å². The van der Waals surface area contributed by atoms with Gasteiger partial charge in [0, 0.05) is 18.4 Å². The summed E-state index contributed by atoms with van der Waals surface area (Å²) in [4.78, 5) is 11.0. The summed E-state index contributed by atoms with van der Waals surface area (Å²) < 4.78 is 39.1. The zero-order chi connectivity index (χ0) is 12.0. The summed E-state index contributed by atoms with van der Waals surface area (Å²) in [5.74, 6) is -5.16. The number of benzene rings is 1. The summed E-state index contributed by atoms with van der Waals surface area (Å²) in [7, 11) is 0. The van der Waals surface area contributed by atoms with Crippen molar-refractivity contribution in [3.63, 3.8) is 0 Å². The summed E-state index contributed by atoms with van der Waals surface area (Å²) in [6, 6.07) is 5.17. The van der Waals surface area contributed by atoms with Crippen LogP contribution in [0.25, 0.3) is 0 Å². The van der Waals surface area contributed by atoms with Crippen molar-refractivity contribution in [3.8, 4) is 0 Å². The van der Waals surface area contributed by atoms with Crippen molar-refractivity contribution >= 4 is 5.97 Å². The molecule has 86 valence electrons. The molecule has 0 bridgehead atoms. The Morgan fingerprint density at radius 3 is 2.25 bits per heavy atom. The van der Waals surface area contributed by atoms with Crippen LogP contribution >= 0.6 is 0 Å². The minimum absolute atomic E-state index is 0.159. The fourth-order valence-corrected chi connectivity index (χ4v) is 2.14. The maximum atomic E-state index is 13.4. The van der Waals surface area contributed by atoms with Gasteiger partial charge in [-0.2, -0.15) is 0 Å². The van der Waals surface area contributed by atoms with Gasteiger partial charge in [0.15, 0.2) is 0 Å². The van der Waals surface area contributed by atoms with Crippen LogP contribution in [-0.2, 0) is 10.2 Å². The van der Waals surface area contributed by atoms with Crippen LogP contribution in [0.4, 0.5) is 13.2 Å². The summed E-state index contributed by atoms with van der Waals surface area (Å²) in [6.45, 7) is 0. The molecule has 1 aliphatic carbocycles. The third-order valence-electron chi connectivity index (χ3n) is 2.92. The van der Waals surface area contributed by atoms with Gasteiger partial charge in [0.05, 0.1) is 0 Å². The molecule has 0 amide bonds. The van der Waals surface area contributed by atoms with E-state index in [4.69, 9.17) is 5.11 Å². The van der Waals surface area contributed by atoms with Gasteiger partial charge in [-0.15, -0.1) is 0 Å². The number of halogens is 3. The van der Waals surface area contributed by atoms with Gasteiger partial charge in [-0.1, -0.05) is 18.2 Å². The molecule has 1 aliphatic rings. The molecular weight excluding hydrogens is 221 g/mol. The summed E-state index contributed by atoms with van der Waals surface area (Å²) in [6.07, 6.45) is -1.67. The van der Waals surface area contributed by atoms with E-state index < -0.39 is 36.0 Å². The van der Waals surface area contributed by atoms with Crippen LogP contribution in [0.5, 0.6) is 0 Å². The Bertz CT molecular complexity index is 435. The van der Waals surface area contributed by atoms with Crippen molar-refractivity contribution in [2.45, 2.75) is 24.2 Å². The molecule has 5 heteroatoms. The first kappa shape index (κ1) is 11.0. The molecule has 1 N–H and O–H groups in total. The van der Waals surface area contributed by atoms with E-state index >= 15 is 0 Å². The van der Waals surface area contributed by atoms with Crippen molar-refractivity contribution in [2.75, 3.05) is 0 Å². The Labute approximate surface area is 89.7 Å². The second-order valence-electron chi connectivity index (χ2n) is 4.08. The van der Waals surface area contributed by atoms with Crippen LogP contribution < -0.4 is 0 Å². The highest BCUT2D eigenvalue weighted by Gasteiger charge is 2.62. The minimum Gasteiger partial charge on any atom is -0.481 e. The van der Waals surface area contributed by atoms with Crippen molar-refractivity contribution in [3.05, 3.63) is 35.6 Å². The highest BCUT2D eigenvalue weighted by atomic mass is 19.3. The van der Waals surface area contributed by atoms with Gasteiger partial charge >= 0.3 is 5.97 Å². The van der Waals surface area contributed by atoms with Gasteiger partial charge in [0.1, 0.15) is 11.2 Å². The SMILES string of the molecule is O=C(O)C1(c2ccccc2F)CC(F)(F)C1. The number of carboxylic acids is 1. The molecule has 0 atom stereocenters. The summed E-state index contributed by atoms with van der Waals surface area (Å²) in [5.41, 5.74) is -1.93. The molecular formula is C11H9F3O2. The first-order valence-electron chi connectivity index (χ1n) is 4.74. The smallest absolute Gasteiger partial charge is 0.314 e. The first-order chi connectivity index (χ1) is 7.37. The molecule has 0 spiro atoms. The molecule has 0 saturated heterocycles. The highest BCUT2D eigenvalue weighted by Crippen LogP contribution is 2.54. The van der Waals surface area contributed by atoms with Crippen molar-refractivity contribution in [2.24, 2.45) is 0 Å². The third-order valence-corrected chi connectivity index (χ3v) is 2.92. The van der Waals surface area contributed by atoms with Crippen LogP contribution in [-0.4, -0.2) is 17.0 Å². The second-order valence-corrected chi connectivity index (χ2v) is 4.08. The molecule has 0 aromatic heterocycles. The lowest BCUT2D eigenvalue weighted by atomic mass is 9.62. The number of rotatable bonds is 2. The van der Waals surface area contributed by atoms with Crippen molar-refractivity contribution < 1.29 is 23.1 Å². The van der Waals surface area contributed by atoms with E-state index in [-0.39, 0.29) is 5.56 Å². The third kappa shape index (κ3) is 1.47. The van der Waals surface area contributed by atoms with Crippen LogP contribution in [0.2, 0.25) is 0 Å². The number of hydrogen-bond donors (Lipinski definition) is 1. The van der Waals surface area contributed by atoms with Crippen molar-refractivity contribution in [1.29, 1.82) is 0 Å². The zero-order valence-electron chi connectivity index (χ0n) is 8.21. The average Bonchev–Trinajstić information content (AvgIpc) is 2.14. The molecule has 1 aromatic rings. The molecule has 0 aliphatic heterocycles. The quantitative estimate of drug-likeness (QED) is 0.847. The topological polar surface area (TPSA) is 37.3 Å². The van der Waals surface area contributed by atoms with E-state index in [1.807, 2.05) is 0 Å². The van der Waals surface area contributed by atoms with Gasteiger partial charge < -0.3 is 5.11 Å². The zero-order valence-corrected chi connectivity index (χ0v) is 8.21. The Morgan fingerprint density at radius 1 is 1.25 bits per heavy atom.